The Morgan fingerprint density at radius 3 is 2.13 bits per heavy atom. The number of nitrogens with zero attached hydrogens (tertiary/aromatic N) is 1. The van der Waals surface area contributed by atoms with Crippen LogP contribution >= 0.6 is 0 Å². The molecule has 2 aliphatic rings. The molecule has 2 rings (SSSR count). The van der Waals surface area contributed by atoms with E-state index in [1.54, 1.807) is 14.0 Å². The van der Waals surface area contributed by atoms with E-state index in [0.717, 1.165) is 38.5 Å². The second-order valence-electron chi connectivity index (χ2n) is 12.0. The van der Waals surface area contributed by atoms with Crippen molar-refractivity contribution in [2.24, 2.45) is 29.0 Å². The standard InChI is InChI=1S/C30H56N8O7/c1-4-9-24-28(41)37-25(20-10-7-5-6-8-11-20)29(42)35-22(16-33)27(40)36-23(18-45-21(14-31)15-32)26(39)34-12-13-44-17-19(2)30(43)38(24)3/h19-25H,4-18,31-33H2,1-3H3,(H,34,39)(H,35,42)(H,36,40)(H,37,41). The molecule has 45 heavy (non-hydrogen) atoms. The summed E-state index contributed by atoms with van der Waals surface area (Å²) in [4.78, 5) is 68.8. The maximum Gasteiger partial charge on any atom is 0.245 e. The molecule has 15 heteroatoms. The lowest BCUT2D eigenvalue weighted by Gasteiger charge is -2.33. The van der Waals surface area contributed by atoms with Crippen LogP contribution in [0.5, 0.6) is 0 Å². The second kappa shape index (κ2) is 20.3. The largest absolute Gasteiger partial charge is 0.379 e. The van der Waals surface area contributed by atoms with E-state index in [0.29, 0.717) is 12.8 Å². The van der Waals surface area contributed by atoms with Gasteiger partial charge in [-0.2, -0.15) is 0 Å². The van der Waals surface area contributed by atoms with Gasteiger partial charge in [0.1, 0.15) is 24.2 Å². The Kier molecular flexibility index (Phi) is 17.3. The van der Waals surface area contributed by atoms with Crippen LogP contribution in [0.4, 0.5) is 0 Å². The van der Waals surface area contributed by atoms with Gasteiger partial charge in [-0.05, 0) is 25.2 Å². The molecule has 1 saturated carbocycles. The summed E-state index contributed by atoms with van der Waals surface area (Å²) in [6.45, 7) is 3.67. The highest BCUT2D eigenvalue weighted by atomic mass is 16.5. The number of hydrogen-bond acceptors (Lipinski definition) is 10. The number of amides is 5. The highest BCUT2D eigenvalue weighted by molar-refractivity contribution is 5.96. The Hall–Kier alpha value is -2.85. The summed E-state index contributed by atoms with van der Waals surface area (Å²) in [6, 6.07) is -4.08. The quantitative estimate of drug-likeness (QED) is 0.138. The van der Waals surface area contributed by atoms with Crippen LogP contribution in [-0.2, 0) is 33.4 Å². The predicted molar refractivity (Wildman–Crippen MR) is 168 cm³/mol. The van der Waals surface area contributed by atoms with Crippen LogP contribution in [0.15, 0.2) is 0 Å². The van der Waals surface area contributed by atoms with E-state index in [4.69, 9.17) is 26.7 Å². The summed E-state index contributed by atoms with van der Waals surface area (Å²) in [5.74, 6) is -3.21. The molecule has 0 aromatic rings. The highest BCUT2D eigenvalue weighted by Crippen LogP contribution is 2.26. The fourth-order valence-corrected chi connectivity index (χ4v) is 5.68. The third-order valence-corrected chi connectivity index (χ3v) is 8.49. The summed E-state index contributed by atoms with van der Waals surface area (Å²) in [5.41, 5.74) is 17.3. The summed E-state index contributed by atoms with van der Waals surface area (Å²) in [7, 11) is 1.58. The molecule has 0 spiro atoms. The minimum Gasteiger partial charge on any atom is -0.379 e. The Balaban J connectivity index is 2.42. The first-order chi connectivity index (χ1) is 21.6. The number of carbonyl (C=O) groups is 5. The van der Waals surface area contributed by atoms with E-state index in [2.05, 4.69) is 21.3 Å². The lowest BCUT2D eigenvalue weighted by Crippen LogP contribution is -2.61. The van der Waals surface area contributed by atoms with Crippen molar-refractivity contribution in [3.05, 3.63) is 0 Å². The monoisotopic (exact) mass is 640 g/mol. The molecule has 15 nitrogen and oxygen atoms in total. The number of likely N-dealkylation sites (N-methyl/N-ethyl adjacent to an activating group) is 1. The SMILES string of the molecule is CCCC1C(=O)NC(C2CCCCCC2)C(=O)NC(CN)C(=O)NC(COC(CN)CN)C(=O)NCCOCC(C)C(=O)N1C. The van der Waals surface area contributed by atoms with Gasteiger partial charge in [0, 0.05) is 33.2 Å². The van der Waals surface area contributed by atoms with Crippen molar-refractivity contribution in [3.8, 4) is 0 Å². The lowest BCUT2D eigenvalue weighted by atomic mass is 9.90. The van der Waals surface area contributed by atoms with Gasteiger partial charge in [0.2, 0.25) is 29.5 Å². The number of nitrogens with one attached hydrogen (secondary N) is 4. The first-order valence-corrected chi connectivity index (χ1v) is 16.3. The van der Waals surface area contributed by atoms with Crippen molar-refractivity contribution in [3.63, 3.8) is 0 Å². The molecule has 5 atom stereocenters. The molecule has 5 unspecified atom stereocenters. The Labute approximate surface area is 266 Å². The minimum absolute atomic E-state index is 0.0722. The minimum atomic E-state index is -1.19. The van der Waals surface area contributed by atoms with E-state index in [9.17, 15) is 24.0 Å². The molecule has 0 aromatic carbocycles. The van der Waals surface area contributed by atoms with Gasteiger partial charge in [0.15, 0.2) is 0 Å². The zero-order chi connectivity index (χ0) is 33.4. The predicted octanol–water partition coefficient (Wildman–Crippen LogP) is -1.92. The van der Waals surface area contributed by atoms with Gasteiger partial charge < -0.3 is 52.8 Å². The van der Waals surface area contributed by atoms with Crippen LogP contribution in [0.2, 0.25) is 0 Å². The van der Waals surface area contributed by atoms with Crippen LogP contribution in [-0.4, -0.2) is 118 Å². The Bertz CT molecular complexity index is 959. The Morgan fingerprint density at radius 2 is 1.53 bits per heavy atom. The first kappa shape index (κ1) is 38.3. The first-order valence-electron chi connectivity index (χ1n) is 16.3. The number of nitrogens with two attached hydrogens (primary N) is 3. The smallest absolute Gasteiger partial charge is 0.245 e. The molecular formula is C30H56N8O7. The van der Waals surface area contributed by atoms with Crippen molar-refractivity contribution >= 4 is 29.5 Å². The van der Waals surface area contributed by atoms with Gasteiger partial charge >= 0.3 is 0 Å². The van der Waals surface area contributed by atoms with Crippen LogP contribution in [0.25, 0.3) is 0 Å². The van der Waals surface area contributed by atoms with Gasteiger partial charge in [0.25, 0.3) is 0 Å². The third-order valence-electron chi connectivity index (χ3n) is 8.49. The van der Waals surface area contributed by atoms with E-state index < -0.39 is 59.8 Å². The van der Waals surface area contributed by atoms with Gasteiger partial charge in [-0.3, -0.25) is 24.0 Å². The van der Waals surface area contributed by atoms with Crippen molar-refractivity contribution in [2.45, 2.75) is 95.5 Å². The average Bonchev–Trinajstić information content (AvgIpc) is 3.32. The van der Waals surface area contributed by atoms with E-state index >= 15 is 0 Å². The van der Waals surface area contributed by atoms with Crippen molar-refractivity contribution in [1.82, 2.24) is 26.2 Å². The number of hydrogen-bond donors (Lipinski definition) is 7. The number of ether oxygens (including phenoxy) is 2. The maximum atomic E-state index is 13.8. The molecule has 1 aliphatic heterocycles. The molecule has 5 amide bonds. The van der Waals surface area contributed by atoms with E-state index in [1.807, 2.05) is 6.92 Å². The fourth-order valence-electron chi connectivity index (χ4n) is 5.68. The molecular weight excluding hydrogens is 584 g/mol. The second-order valence-corrected chi connectivity index (χ2v) is 12.0. The van der Waals surface area contributed by atoms with Crippen LogP contribution in [0.3, 0.4) is 0 Å². The molecule has 2 fully saturated rings. The molecule has 1 saturated heterocycles. The van der Waals surface area contributed by atoms with E-state index in [1.165, 1.54) is 4.90 Å². The molecule has 1 aliphatic carbocycles. The van der Waals surface area contributed by atoms with Gasteiger partial charge in [-0.25, -0.2) is 0 Å². The average molecular weight is 641 g/mol. The van der Waals surface area contributed by atoms with Gasteiger partial charge in [-0.15, -0.1) is 0 Å². The third kappa shape index (κ3) is 12.1. The molecule has 0 aromatic heterocycles. The molecule has 0 radical (unpaired) electrons. The summed E-state index contributed by atoms with van der Waals surface area (Å²) in [5, 5.41) is 11.0. The highest BCUT2D eigenvalue weighted by Gasteiger charge is 2.37. The van der Waals surface area contributed by atoms with Crippen LogP contribution < -0.4 is 38.5 Å². The maximum absolute atomic E-state index is 13.8. The molecule has 0 bridgehead atoms. The zero-order valence-corrected chi connectivity index (χ0v) is 27.2. The zero-order valence-electron chi connectivity index (χ0n) is 27.2. The normalized spacial score (nSPS) is 27.8. The summed E-state index contributed by atoms with van der Waals surface area (Å²) >= 11 is 0. The topological polar surface area (TPSA) is 233 Å². The van der Waals surface area contributed by atoms with Gasteiger partial charge in [0.05, 0.1) is 31.8 Å². The van der Waals surface area contributed by atoms with Crippen molar-refractivity contribution in [1.29, 1.82) is 0 Å². The van der Waals surface area contributed by atoms with Crippen LogP contribution in [0.1, 0.15) is 65.2 Å². The number of carbonyl (C=O) groups excluding carboxylic acids is 5. The number of rotatable bonds is 9. The summed E-state index contributed by atoms with van der Waals surface area (Å²) < 4.78 is 11.3. The summed E-state index contributed by atoms with van der Waals surface area (Å²) in [6.07, 6.45) is 5.83. The lowest BCUT2D eigenvalue weighted by molar-refractivity contribution is -0.144. The van der Waals surface area contributed by atoms with E-state index in [-0.39, 0.29) is 57.8 Å². The molecule has 258 valence electrons. The van der Waals surface area contributed by atoms with Crippen molar-refractivity contribution in [2.75, 3.05) is 53.0 Å². The molecule has 10 N–H and O–H groups in total. The Morgan fingerprint density at radius 1 is 0.889 bits per heavy atom. The molecule has 1 heterocycles. The fraction of sp³-hybridized carbons (Fsp3) is 0.833. The van der Waals surface area contributed by atoms with Crippen LogP contribution in [0, 0.1) is 11.8 Å². The van der Waals surface area contributed by atoms with Gasteiger partial charge in [-0.1, -0.05) is 46.0 Å². The van der Waals surface area contributed by atoms with Crippen molar-refractivity contribution < 1.29 is 33.4 Å².